The molecule has 0 bridgehead atoms. The molecule has 1 saturated carbocycles. The van der Waals surface area contributed by atoms with Crippen LogP contribution < -0.4 is 4.74 Å². The number of nitrogens with zero attached hydrogens (tertiary/aromatic N) is 1. The van der Waals surface area contributed by atoms with Crippen molar-refractivity contribution in [2.75, 3.05) is 6.61 Å². The van der Waals surface area contributed by atoms with E-state index < -0.39 is 0 Å². The number of nitriles is 1. The predicted molar refractivity (Wildman–Crippen MR) is 86.0 cm³/mol. The van der Waals surface area contributed by atoms with Crippen LogP contribution in [0.3, 0.4) is 0 Å². The van der Waals surface area contributed by atoms with Crippen molar-refractivity contribution in [3.8, 4) is 11.8 Å². The quantitative estimate of drug-likeness (QED) is 0.761. The van der Waals surface area contributed by atoms with Crippen molar-refractivity contribution in [2.45, 2.75) is 52.9 Å². The van der Waals surface area contributed by atoms with Gasteiger partial charge in [0.2, 0.25) is 0 Å². The minimum atomic E-state index is -0.170. The van der Waals surface area contributed by atoms with Gasteiger partial charge in [0.1, 0.15) is 5.75 Å². The minimum absolute atomic E-state index is 0.170. The average molecular weight is 285 g/mol. The second-order valence-electron chi connectivity index (χ2n) is 7.44. The molecule has 0 spiro atoms. The Kier molecular flexibility index (Phi) is 4.93. The first-order chi connectivity index (χ1) is 9.95. The molecule has 1 aromatic carbocycles. The van der Waals surface area contributed by atoms with Crippen LogP contribution in [0.4, 0.5) is 0 Å². The summed E-state index contributed by atoms with van der Waals surface area (Å²) in [6, 6.07) is 12.5. The van der Waals surface area contributed by atoms with E-state index >= 15 is 0 Å². The van der Waals surface area contributed by atoms with Crippen LogP contribution in [-0.4, -0.2) is 6.61 Å². The number of benzene rings is 1. The Bertz CT molecular complexity index is 473. The molecule has 0 atom stereocenters. The highest BCUT2D eigenvalue weighted by molar-refractivity contribution is 5.20. The Morgan fingerprint density at radius 2 is 1.81 bits per heavy atom. The molecule has 21 heavy (non-hydrogen) atoms. The number of hydrogen-bond donors (Lipinski definition) is 0. The molecule has 0 aliphatic heterocycles. The van der Waals surface area contributed by atoms with Crippen LogP contribution >= 0.6 is 0 Å². The lowest BCUT2D eigenvalue weighted by Gasteiger charge is -2.40. The van der Waals surface area contributed by atoms with Crippen LogP contribution in [0.5, 0.6) is 5.75 Å². The van der Waals surface area contributed by atoms with E-state index in [1.54, 1.807) is 0 Å². The molecule has 2 nitrogen and oxygen atoms in total. The summed E-state index contributed by atoms with van der Waals surface area (Å²) in [5.41, 5.74) is 0.193. The smallest absolute Gasteiger partial charge is 0.119 e. The molecule has 1 fully saturated rings. The van der Waals surface area contributed by atoms with E-state index in [1.165, 1.54) is 12.8 Å². The molecular weight excluding hydrogens is 258 g/mol. The van der Waals surface area contributed by atoms with Crippen LogP contribution in [0, 0.1) is 28.1 Å². The molecule has 0 aromatic heterocycles. The lowest BCUT2D eigenvalue weighted by molar-refractivity contribution is 0.104. The topological polar surface area (TPSA) is 33.0 Å². The molecule has 2 heteroatoms. The first-order valence-electron chi connectivity index (χ1n) is 8.04. The average Bonchev–Trinajstić information content (AvgIpc) is 2.48. The van der Waals surface area contributed by atoms with Gasteiger partial charge in [0.15, 0.2) is 0 Å². The maximum Gasteiger partial charge on any atom is 0.119 e. The highest BCUT2D eigenvalue weighted by Gasteiger charge is 2.38. The Balaban J connectivity index is 1.85. The molecule has 0 heterocycles. The van der Waals surface area contributed by atoms with Crippen LogP contribution in [0.15, 0.2) is 30.3 Å². The summed E-state index contributed by atoms with van der Waals surface area (Å²) in [7, 11) is 0. The largest absolute Gasteiger partial charge is 0.494 e. The highest BCUT2D eigenvalue weighted by atomic mass is 16.5. The summed E-state index contributed by atoms with van der Waals surface area (Å²) in [4.78, 5) is 0. The Morgan fingerprint density at radius 3 is 2.33 bits per heavy atom. The van der Waals surface area contributed by atoms with Gasteiger partial charge in [-0.05, 0) is 49.1 Å². The van der Waals surface area contributed by atoms with Crippen molar-refractivity contribution in [3.05, 3.63) is 30.3 Å². The maximum atomic E-state index is 9.62. The van der Waals surface area contributed by atoms with Crippen LogP contribution in [0.25, 0.3) is 0 Å². The lowest BCUT2D eigenvalue weighted by Crippen LogP contribution is -2.32. The molecule has 0 unspecified atom stereocenters. The fourth-order valence-electron chi connectivity index (χ4n) is 3.34. The van der Waals surface area contributed by atoms with Crippen LogP contribution in [0.2, 0.25) is 0 Å². The van der Waals surface area contributed by atoms with Crippen molar-refractivity contribution in [1.29, 1.82) is 5.26 Å². The zero-order valence-electron chi connectivity index (χ0n) is 13.6. The SMILES string of the molecule is CC(C)(C)C1CCC(C#N)(CCOc2ccccc2)CC1. The second kappa shape index (κ2) is 6.52. The number of hydrogen-bond acceptors (Lipinski definition) is 2. The van der Waals surface area contributed by atoms with E-state index in [0.717, 1.165) is 30.9 Å². The van der Waals surface area contributed by atoms with Crippen LogP contribution in [0.1, 0.15) is 52.9 Å². The van der Waals surface area contributed by atoms with Crippen molar-refractivity contribution in [3.63, 3.8) is 0 Å². The molecule has 0 saturated heterocycles. The van der Waals surface area contributed by atoms with E-state index in [1.807, 2.05) is 30.3 Å². The van der Waals surface area contributed by atoms with Crippen molar-refractivity contribution in [2.24, 2.45) is 16.7 Å². The molecule has 1 aliphatic carbocycles. The number of para-hydroxylation sites is 1. The second-order valence-corrected chi connectivity index (χ2v) is 7.44. The molecule has 1 aromatic rings. The number of ether oxygens (including phenoxy) is 1. The van der Waals surface area contributed by atoms with Gasteiger partial charge < -0.3 is 4.74 Å². The first-order valence-corrected chi connectivity index (χ1v) is 8.04. The van der Waals surface area contributed by atoms with E-state index in [0.29, 0.717) is 12.0 Å². The van der Waals surface area contributed by atoms with Gasteiger partial charge in [-0.15, -0.1) is 0 Å². The minimum Gasteiger partial charge on any atom is -0.494 e. The Hall–Kier alpha value is -1.49. The van der Waals surface area contributed by atoms with Gasteiger partial charge in [0.25, 0.3) is 0 Å². The third kappa shape index (κ3) is 4.24. The Morgan fingerprint density at radius 1 is 1.19 bits per heavy atom. The third-order valence-corrected chi connectivity index (χ3v) is 5.00. The fraction of sp³-hybridized carbons (Fsp3) is 0.632. The van der Waals surface area contributed by atoms with Gasteiger partial charge in [-0.1, -0.05) is 39.0 Å². The first kappa shape index (κ1) is 15.9. The summed E-state index contributed by atoms with van der Waals surface area (Å²) in [5, 5.41) is 9.62. The Labute approximate surface area is 129 Å². The molecule has 0 radical (unpaired) electrons. The maximum absolute atomic E-state index is 9.62. The molecular formula is C19H27NO. The standard InChI is InChI=1S/C19H27NO/c1-18(2,3)16-9-11-19(15-20,12-10-16)13-14-21-17-7-5-4-6-8-17/h4-8,16H,9-14H2,1-3H3. The summed E-state index contributed by atoms with van der Waals surface area (Å²) >= 11 is 0. The summed E-state index contributed by atoms with van der Waals surface area (Å²) in [6.07, 6.45) is 5.22. The van der Waals surface area contributed by atoms with Crippen LogP contribution in [-0.2, 0) is 0 Å². The normalized spacial score (nSPS) is 26.1. The van der Waals surface area contributed by atoms with Gasteiger partial charge in [-0.25, -0.2) is 0 Å². The lowest BCUT2D eigenvalue weighted by atomic mass is 9.63. The van der Waals surface area contributed by atoms with E-state index in [2.05, 4.69) is 26.8 Å². The van der Waals surface area contributed by atoms with E-state index in [9.17, 15) is 5.26 Å². The fourth-order valence-corrected chi connectivity index (χ4v) is 3.34. The summed E-state index contributed by atoms with van der Waals surface area (Å²) in [5.74, 6) is 1.64. The number of rotatable bonds is 4. The molecule has 114 valence electrons. The zero-order chi connectivity index (χ0) is 15.3. The highest BCUT2D eigenvalue weighted by Crippen LogP contribution is 2.46. The van der Waals surface area contributed by atoms with E-state index in [4.69, 9.17) is 4.74 Å². The predicted octanol–water partition coefficient (Wildman–Crippen LogP) is 5.20. The van der Waals surface area contributed by atoms with Crippen molar-refractivity contribution < 1.29 is 4.74 Å². The van der Waals surface area contributed by atoms with Gasteiger partial charge in [-0.2, -0.15) is 5.26 Å². The van der Waals surface area contributed by atoms with Gasteiger partial charge in [-0.3, -0.25) is 0 Å². The van der Waals surface area contributed by atoms with Crippen molar-refractivity contribution in [1.82, 2.24) is 0 Å². The zero-order valence-corrected chi connectivity index (χ0v) is 13.6. The monoisotopic (exact) mass is 285 g/mol. The van der Waals surface area contributed by atoms with Crippen molar-refractivity contribution >= 4 is 0 Å². The third-order valence-electron chi connectivity index (χ3n) is 5.00. The van der Waals surface area contributed by atoms with Gasteiger partial charge >= 0.3 is 0 Å². The van der Waals surface area contributed by atoms with Gasteiger partial charge in [0, 0.05) is 6.42 Å². The van der Waals surface area contributed by atoms with Gasteiger partial charge in [0.05, 0.1) is 18.1 Å². The molecule has 0 N–H and O–H groups in total. The molecule has 2 rings (SSSR count). The molecule has 0 amide bonds. The summed E-state index contributed by atoms with van der Waals surface area (Å²) < 4.78 is 5.78. The van der Waals surface area contributed by atoms with E-state index in [-0.39, 0.29) is 5.41 Å². The molecule has 1 aliphatic rings. The summed E-state index contributed by atoms with van der Waals surface area (Å²) in [6.45, 7) is 7.58.